The quantitative estimate of drug-likeness (QED) is 0.820. The first-order chi connectivity index (χ1) is 13.0. The van der Waals surface area contributed by atoms with Gasteiger partial charge in [0.05, 0.1) is 12.1 Å². The molecule has 146 valence electrons. The van der Waals surface area contributed by atoms with Crippen molar-refractivity contribution in [3.8, 4) is 0 Å². The van der Waals surface area contributed by atoms with Crippen molar-refractivity contribution < 1.29 is 9.59 Å². The van der Waals surface area contributed by atoms with Crippen LogP contribution in [0.5, 0.6) is 0 Å². The van der Waals surface area contributed by atoms with Crippen molar-refractivity contribution in [2.24, 2.45) is 5.92 Å². The zero-order valence-corrected chi connectivity index (χ0v) is 16.5. The van der Waals surface area contributed by atoms with Crippen LogP contribution in [0.4, 0.5) is 0 Å². The SMILES string of the molecule is CNC(=O)CN1CCC(NC(=O)c2cn(CC(C)C)c3ccccc23)CC1. The highest BCUT2D eigenvalue weighted by molar-refractivity contribution is 6.07. The largest absolute Gasteiger partial charge is 0.358 e. The van der Waals surface area contributed by atoms with Gasteiger partial charge in [0.15, 0.2) is 0 Å². The van der Waals surface area contributed by atoms with E-state index in [1.165, 1.54) is 0 Å². The summed E-state index contributed by atoms with van der Waals surface area (Å²) in [5.74, 6) is 0.551. The molecule has 1 fully saturated rings. The van der Waals surface area contributed by atoms with Gasteiger partial charge in [0.25, 0.3) is 5.91 Å². The van der Waals surface area contributed by atoms with E-state index in [4.69, 9.17) is 0 Å². The lowest BCUT2D eigenvalue weighted by Crippen LogP contribution is -2.47. The third kappa shape index (κ3) is 4.69. The van der Waals surface area contributed by atoms with Crippen LogP contribution in [0.25, 0.3) is 10.9 Å². The number of para-hydroxylation sites is 1. The second kappa shape index (κ2) is 8.57. The van der Waals surface area contributed by atoms with Crippen LogP contribution in [0, 0.1) is 5.92 Å². The third-order valence-electron chi connectivity index (χ3n) is 5.16. The van der Waals surface area contributed by atoms with Crippen LogP contribution in [0.1, 0.15) is 37.0 Å². The van der Waals surface area contributed by atoms with Crippen LogP contribution in [0.15, 0.2) is 30.5 Å². The molecule has 1 aliphatic rings. The van der Waals surface area contributed by atoms with Crippen molar-refractivity contribution in [2.75, 3.05) is 26.7 Å². The summed E-state index contributed by atoms with van der Waals surface area (Å²) >= 11 is 0. The molecule has 0 unspecified atom stereocenters. The molecule has 1 aromatic heterocycles. The first-order valence-corrected chi connectivity index (χ1v) is 9.79. The lowest BCUT2D eigenvalue weighted by atomic mass is 10.0. The Morgan fingerprint density at radius 3 is 2.56 bits per heavy atom. The van der Waals surface area contributed by atoms with E-state index in [-0.39, 0.29) is 17.9 Å². The Morgan fingerprint density at radius 1 is 1.19 bits per heavy atom. The van der Waals surface area contributed by atoms with Crippen molar-refractivity contribution in [2.45, 2.75) is 39.3 Å². The van der Waals surface area contributed by atoms with Gasteiger partial charge in [-0.25, -0.2) is 0 Å². The summed E-state index contributed by atoms with van der Waals surface area (Å²) in [6.07, 6.45) is 3.72. The summed E-state index contributed by atoms with van der Waals surface area (Å²) in [7, 11) is 1.66. The number of fused-ring (bicyclic) bond motifs is 1. The van der Waals surface area contributed by atoms with E-state index in [1.807, 2.05) is 24.4 Å². The van der Waals surface area contributed by atoms with Crippen molar-refractivity contribution >= 4 is 22.7 Å². The number of likely N-dealkylation sites (tertiary alicyclic amines) is 1. The summed E-state index contributed by atoms with van der Waals surface area (Å²) in [6, 6.07) is 8.25. The van der Waals surface area contributed by atoms with Crippen LogP contribution in [0.2, 0.25) is 0 Å². The van der Waals surface area contributed by atoms with Gasteiger partial charge in [-0.05, 0) is 24.8 Å². The number of hydrogen-bond acceptors (Lipinski definition) is 3. The molecule has 1 aromatic carbocycles. The number of aromatic nitrogens is 1. The van der Waals surface area contributed by atoms with Gasteiger partial charge < -0.3 is 15.2 Å². The standard InChI is InChI=1S/C21H30N4O2/c1-15(2)12-25-13-18(17-6-4-5-7-19(17)25)21(27)23-16-8-10-24(11-9-16)14-20(26)22-3/h4-7,13,15-16H,8-12,14H2,1-3H3,(H,22,26)(H,23,27). The average Bonchev–Trinajstić information content (AvgIpc) is 3.01. The van der Waals surface area contributed by atoms with E-state index in [2.05, 4.69) is 40.0 Å². The number of rotatable bonds is 6. The number of nitrogens with one attached hydrogen (secondary N) is 2. The Hall–Kier alpha value is -2.34. The van der Waals surface area contributed by atoms with E-state index < -0.39 is 0 Å². The van der Waals surface area contributed by atoms with Crippen LogP contribution < -0.4 is 10.6 Å². The van der Waals surface area contributed by atoms with E-state index >= 15 is 0 Å². The van der Waals surface area contributed by atoms with Gasteiger partial charge in [-0.2, -0.15) is 0 Å². The molecule has 0 aliphatic carbocycles. The lowest BCUT2D eigenvalue weighted by molar-refractivity contribution is -0.122. The molecule has 2 aromatic rings. The van der Waals surface area contributed by atoms with Gasteiger partial charge in [-0.3, -0.25) is 14.5 Å². The maximum absolute atomic E-state index is 12.9. The van der Waals surface area contributed by atoms with E-state index in [0.717, 1.165) is 48.9 Å². The molecule has 6 nitrogen and oxygen atoms in total. The van der Waals surface area contributed by atoms with E-state index in [9.17, 15) is 9.59 Å². The minimum Gasteiger partial charge on any atom is -0.358 e. The molecule has 3 rings (SSSR count). The van der Waals surface area contributed by atoms with Crippen molar-refractivity contribution in [1.82, 2.24) is 20.1 Å². The summed E-state index contributed by atoms with van der Waals surface area (Å²) in [5, 5.41) is 6.87. The van der Waals surface area contributed by atoms with E-state index in [1.54, 1.807) is 7.05 Å². The molecule has 27 heavy (non-hydrogen) atoms. The van der Waals surface area contributed by atoms with Crippen molar-refractivity contribution in [1.29, 1.82) is 0 Å². The number of nitrogens with zero attached hydrogens (tertiary/aromatic N) is 2. The fourth-order valence-corrected chi connectivity index (χ4v) is 3.75. The zero-order chi connectivity index (χ0) is 19.4. The van der Waals surface area contributed by atoms with E-state index in [0.29, 0.717) is 12.5 Å². The third-order valence-corrected chi connectivity index (χ3v) is 5.16. The van der Waals surface area contributed by atoms with Gasteiger partial charge in [0.2, 0.25) is 5.91 Å². The Bertz CT molecular complexity index is 804. The molecular weight excluding hydrogens is 340 g/mol. The number of piperidine rings is 1. The Labute approximate surface area is 160 Å². The molecule has 1 aliphatic heterocycles. The fourth-order valence-electron chi connectivity index (χ4n) is 3.75. The molecular formula is C21H30N4O2. The maximum atomic E-state index is 12.9. The summed E-state index contributed by atoms with van der Waals surface area (Å²) in [4.78, 5) is 26.6. The summed E-state index contributed by atoms with van der Waals surface area (Å²) < 4.78 is 2.18. The topological polar surface area (TPSA) is 66.4 Å². The number of likely N-dealkylation sites (N-methyl/N-ethyl adjacent to an activating group) is 1. The monoisotopic (exact) mass is 370 g/mol. The molecule has 2 amide bonds. The number of carbonyl (C=O) groups is 2. The van der Waals surface area contributed by atoms with Crippen LogP contribution in [0.3, 0.4) is 0 Å². The summed E-state index contributed by atoms with van der Waals surface area (Å²) in [5.41, 5.74) is 1.86. The Balaban J connectivity index is 1.66. The highest BCUT2D eigenvalue weighted by atomic mass is 16.2. The molecule has 6 heteroatoms. The summed E-state index contributed by atoms with van der Waals surface area (Å²) in [6.45, 7) is 7.34. The van der Waals surface area contributed by atoms with Crippen molar-refractivity contribution in [3.63, 3.8) is 0 Å². The zero-order valence-electron chi connectivity index (χ0n) is 16.5. The molecule has 0 radical (unpaired) electrons. The smallest absolute Gasteiger partial charge is 0.253 e. The molecule has 1 saturated heterocycles. The average molecular weight is 370 g/mol. The minimum absolute atomic E-state index is 0.00143. The molecule has 0 spiro atoms. The number of amides is 2. The Morgan fingerprint density at radius 2 is 1.89 bits per heavy atom. The van der Waals surface area contributed by atoms with Crippen LogP contribution >= 0.6 is 0 Å². The number of benzene rings is 1. The van der Waals surface area contributed by atoms with Crippen molar-refractivity contribution in [3.05, 3.63) is 36.0 Å². The van der Waals surface area contributed by atoms with Crippen LogP contribution in [-0.2, 0) is 11.3 Å². The van der Waals surface area contributed by atoms with Gasteiger partial charge >= 0.3 is 0 Å². The highest BCUT2D eigenvalue weighted by Gasteiger charge is 2.23. The second-order valence-corrected chi connectivity index (χ2v) is 7.80. The number of carbonyl (C=O) groups excluding carboxylic acids is 2. The first-order valence-electron chi connectivity index (χ1n) is 9.79. The predicted octanol–water partition coefficient (Wildman–Crippen LogP) is 2.24. The second-order valence-electron chi connectivity index (χ2n) is 7.80. The molecule has 2 heterocycles. The lowest BCUT2D eigenvalue weighted by Gasteiger charge is -2.31. The normalized spacial score (nSPS) is 16.0. The van der Waals surface area contributed by atoms with Gasteiger partial charge in [0, 0.05) is 49.8 Å². The molecule has 0 bridgehead atoms. The van der Waals surface area contributed by atoms with Crippen LogP contribution in [-0.4, -0.2) is 54.0 Å². The number of hydrogen-bond donors (Lipinski definition) is 2. The maximum Gasteiger partial charge on any atom is 0.253 e. The minimum atomic E-state index is -0.00143. The fraction of sp³-hybridized carbons (Fsp3) is 0.524. The van der Waals surface area contributed by atoms with Gasteiger partial charge in [0.1, 0.15) is 0 Å². The Kier molecular flexibility index (Phi) is 6.16. The molecule has 0 saturated carbocycles. The van der Waals surface area contributed by atoms with Gasteiger partial charge in [-0.1, -0.05) is 32.0 Å². The first kappa shape index (κ1) is 19.4. The van der Waals surface area contributed by atoms with Gasteiger partial charge in [-0.15, -0.1) is 0 Å². The predicted molar refractivity (Wildman–Crippen MR) is 108 cm³/mol. The molecule has 0 atom stereocenters. The highest BCUT2D eigenvalue weighted by Crippen LogP contribution is 2.23. The molecule has 2 N–H and O–H groups in total.